The van der Waals surface area contributed by atoms with Crippen LogP contribution >= 0.6 is 0 Å². The second kappa shape index (κ2) is 8.36. The van der Waals surface area contributed by atoms with Crippen LogP contribution in [-0.2, 0) is 0 Å². The molecule has 1 heterocycles. The van der Waals surface area contributed by atoms with Crippen molar-refractivity contribution in [3.63, 3.8) is 0 Å². The van der Waals surface area contributed by atoms with Gasteiger partial charge in [-0.3, -0.25) is 4.79 Å². The Morgan fingerprint density at radius 2 is 1.85 bits per heavy atom. The minimum Gasteiger partial charge on any atom is -0.452 e. The summed E-state index contributed by atoms with van der Waals surface area (Å²) in [4.78, 5) is 26.1. The summed E-state index contributed by atoms with van der Waals surface area (Å²) in [6.45, 7) is 4.90. The molecule has 0 atom stereocenters. The highest BCUT2D eigenvalue weighted by Crippen LogP contribution is 2.34. The summed E-state index contributed by atoms with van der Waals surface area (Å²) in [6.07, 6.45) is 4.88. The summed E-state index contributed by atoms with van der Waals surface area (Å²) >= 11 is 0. The first-order valence-corrected chi connectivity index (χ1v) is 8.89. The van der Waals surface area contributed by atoms with Crippen molar-refractivity contribution in [1.82, 2.24) is 4.90 Å². The molecule has 0 saturated heterocycles. The SMILES string of the molecule is CCN(CC)C(=O)Oc1ccc2c(c1)OC(=CC=Cc1ccccc1)C2=O. The van der Waals surface area contributed by atoms with Crippen molar-refractivity contribution in [2.24, 2.45) is 0 Å². The van der Waals surface area contributed by atoms with Crippen LogP contribution < -0.4 is 9.47 Å². The fourth-order valence-corrected chi connectivity index (χ4v) is 2.70. The Kier molecular flexibility index (Phi) is 5.71. The molecular weight excluding hydrogens is 342 g/mol. The van der Waals surface area contributed by atoms with Crippen molar-refractivity contribution in [3.8, 4) is 11.5 Å². The highest BCUT2D eigenvalue weighted by atomic mass is 16.6. The molecular formula is C22H21NO4. The van der Waals surface area contributed by atoms with Gasteiger partial charge in [0.1, 0.15) is 11.5 Å². The largest absolute Gasteiger partial charge is 0.452 e. The monoisotopic (exact) mass is 363 g/mol. The van der Waals surface area contributed by atoms with E-state index in [0.717, 1.165) is 5.56 Å². The molecule has 0 N–H and O–H groups in total. The fraction of sp³-hybridized carbons (Fsp3) is 0.182. The third-order valence-electron chi connectivity index (χ3n) is 4.20. The van der Waals surface area contributed by atoms with E-state index in [-0.39, 0.29) is 11.5 Å². The van der Waals surface area contributed by atoms with Crippen molar-refractivity contribution in [3.05, 3.63) is 77.6 Å². The number of fused-ring (bicyclic) bond motifs is 1. The summed E-state index contributed by atoms with van der Waals surface area (Å²) in [7, 11) is 0. The number of carbonyl (C=O) groups is 2. The first kappa shape index (κ1) is 18.5. The Balaban J connectivity index is 1.72. The van der Waals surface area contributed by atoms with Gasteiger partial charge >= 0.3 is 6.09 Å². The van der Waals surface area contributed by atoms with Crippen LogP contribution in [0.3, 0.4) is 0 Å². The number of ketones is 1. The molecule has 2 aromatic rings. The van der Waals surface area contributed by atoms with Crippen molar-refractivity contribution < 1.29 is 19.1 Å². The Labute approximate surface area is 158 Å². The Hall–Kier alpha value is -3.34. The quantitative estimate of drug-likeness (QED) is 0.723. The summed E-state index contributed by atoms with van der Waals surface area (Å²) in [5.74, 6) is 0.789. The second-order valence-corrected chi connectivity index (χ2v) is 5.93. The number of Topliss-reactive ketones (excluding diaryl/α,β-unsaturated/α-hetero) is 1. The maximum Gasteiger partial charge on any atom is 0.415 e. The number of nitrogens with zero attached hydrogens (tertiary/aromatic N) is 1. The summed E-state index contributed by atoms with van der Waals surface area (Å²) in [6, 6.07) is 14.6. The number of amides is 1. The lowest BCUT2D eigenvalue weighted by atomic mass is 10.1. The van der Waals surface area contributed by atoms with E-state index in [9.17, 15) is 9.59 Å². The third-order valence-corrected chi connectivity index (χ3v) is 4.20. The Morgan fingerprint density at radius 1 is 1.11 bits per heavy atom. The van der Waals surface area contributed by atoms with Gasteiger partial charge in [0.25, 0.3) is 0 Å². The molecule has 0 unspecified atom stereocenters. The van der Waals surface area contributed by atoms with E-state index in [1.807, 2.05) is 50.3 Å². The zero-order valence-corrected chi connectivity index (χ0v) is 15.3. The zero-order valence-electron chi connectivity index (χ0n) is 15.3. The molecule has 0 bridgehead atoms. The Bertz CT molecular complexity index is 896. The van der Waals surface area contributed by atoms with Gasteiger partial charge in [-0.15, -0.1) is 0 Å². The lowest BCUT2D eigenvalue weighted by molar-refractivity contribution is 0.101. The van der Waals surface area contributed by atoms with E-state index < -0.39 is 6.09 Å². The maximum atomic E-state index is 12.4. The van der Waals surface area contributed by atoms with Crippen LogP contribution in [0.5, 0.6) is 11.5 Å². The second-order valence-electron chi connectivity index (χ2n) is 5.93. The van der Waals surface area contributed by atoms with Crippen molar-refractivity contribution in [2.75, 3.05) is 13.1 Å². The number of carbonyl (C=O) groups excluding carboxylic acids is 2. The first-order chi connectivity index (χ1) is 13.1. The summed E-state index contributed by atoms with van der Waals surface area (Å²) < 4.78 is 11.0. The van der Waals surface area contributed by atoms with Crippen LogP contribution in [-0.4, -0.2) is 29.9 Å². The van der Waals surface area contributed by atoms with Crippen molar-refractivity contribution in [1.29, 1.82) is 0 Å². The van der Waals surface area contributed by atoms with E-state index in [1.54, 1.807) is 35.3 Å². The van der Waals surface area contributed by atoms with Gasteiger partial charge in [0.15, 0.2) is 5.76 Å². The standard InChI is InChI=1S/C22H21NO4/c1-3-23(4-2)22(25)26-17-13-14-18-20(15-17)27-19(21(18)24)12-8-11-16-9-6-5-7-10-16/h5-15H,3-4H2,1-2H3. The predicted molar refractivity (Wildman–Crippen MR) is 104 cm³/mol. The molecule has 1 amide bonds. The maximum absolute atomic E-state index is 12.4. The zero-order chi connectivity index (χ0) is 19.2. The molecule has 5 heteroatoms. The number of allylic oxidation sites excluding steroid dienone is 3. The van der Waals surface area contributed by atoms with Crippen LogP contribution in [0, 0.1) is 0 Å². The van der Waals surface area contributed by atoms with E-state index in [4.69, 9.17) is 9.47 Å². The average molecular weight is 363 g/mol. The minimum atomic E-state index is -0.425. The molecule has 1 aliphatic heterocycles. The number of benzene rings is 2. The predicted octanol–water partition coefficient (Wildman–Crippen LogP) is 4.70. The summed E-state index contributed by atoms with van der Waals surface area (Å²) in [5, 5.41) is 0. The number of ether oxygens (including phenoxy) is 2. The van der Waals surface area contributed by atoms with Gasteiger partial charge in [0.2, 0.25) is 5.78 Å². The van der Waals surface area contributed by atoms with Crippen LogP contribution in [0.2, 0.25) is 0 Å². The van der Waals surface area contributed by atoms with Crippen molar-refractivity contribution in [2.45, 2.75) is 13.8 Å². The lowest BCUT2D eigenvalue weighted by Gasteiger charge is -2.17. The molecule has 0 aliphatic carbocycles. The van der Waals surface area contributed by atoms with Crippen LogP contribution in [0.4, 0.5) is 4.79 Å². The minimum absolute atomic E-state index is 0.190. The lowest BCUT2D eigenvalue weighted by Crippen LogP contribution is -2.33. The van der Waals surface area contributed by atoms with Crippen molar-refractivity contribution >= 4 is 18.0 Å². The molecule has 138 valence electrons. The average Bonchev–Trinajstić information content (AvgIpc) is 2.99. The molecule has 0 radical (unpaired) electrons. The number of hydrogen-bond acceptors (Lipinski definition) is 4. The topological polar surface area (TPSA) is 55.8 Å². The van der Waals surface area contributed by atoms with Gasteiger partial charge in [-0.1, -0.05) is 42.5 Å². The molecule has 1 aliphatic rings. The molecule has 5 nitrogen and oxygen atoms in total. The molecule has 0 spiro atoms. The third kappa shape index (κ3) is 4.26. The molecule has 2 aromatic carbocycles. The molecule has 0 aromatic heterocycles. The van der Waals surface area contributed by atoms with E-state index in [0.29, 0.717) is 30.2 Å². The van der Waals surface area contributed by atoms with E-state index in [2.05, 4.69) is 0 Å². The highest BCUT2D eigenvalue weighted by molar-refractivity contribution is 6.12. The number of rotatable bonds is 5. The first-order valence-electron chi connectivity index (χ1n) is 8.89. The van der Waals surface area contributed by atoms with Gasteiger partial charge in [0.05, 0.1) is 5.56 Å². The molecule has 0 fully saturated rings. The van der Waals surface area contributed by atoms with Gasteiger partial charge in [-0.25, -0.2) is 4.79 Å². The summed E-state index contributed by atoms with van der Waals surface area (Å²) in [5.41, 5.74) is 1.49. The van der Waals surface area contributed by atoms with Gasteiger partial charge in [-0.05, 0) is 37.6 Å². The van der Waals surface area contributed by atoms with Crippen LogP contribution in [0.15, 0.2) is 66.4 Å². The molecule has 0 saturated carbocycles. The van der Waals surface area contributed by atoms with Gasteiger partial charge in [-0.2, -0.15) is 0 Å². The normalized spacial score (nSPS) is 14.3. The van der Waals surface area contributed by atoms with Gasteiger partial charge < -0.3 is 14.4 Å². The van der Waals surface area contributed by atoms with E-state index >= 15 is 0 Å². The highest BCUT2D eigenvalue weighted by Gasteiger charge is 2.27. The van der Waals surface area contributed by atoms with Crippen LogP contribution in [0.1, 0.15) is 29.8 Å². The molecule has 27 heavy (non-hydrogen) atoms. The van der Waals surface area contributed by atoms with E-state index in [1.165, 1.54) is 0 Å². The van der Waals surface area contributed by atoms with Crippen LogP contribution in [0.25, 0.3) is 6.08 Å². The Morgan fingerprint density at radius 3 is 2.56 bits per heavy atom. The smallest absolute Gasteiger partial charge is 0.415 e. The number of hydrogen-bond donors (Lipinski definition) is 0. The fourth-order valence-electron chi connectivity index (χ4n) is 2.70. The van der Waals surface area contributed by atoms with Gasteiger partial charge in [0, 0.05) is 19.2 Å². The molecule has 3 rings (SSSR count).